The Kier molecular flexibility index (Phi) is 5.24. The molecular formula is C23H23N3O3. The van der Waals surface area contributed by atoms with Crippen molar-refractivity contribution in [3.05, 3.63) is 63.7 Å². The molecule has 1 atom stereocenters. The van der Waals surface area contributed by atoms with Crippen LogP contribution in [0.3, 0.4) is 0 Å². The molecule has 0 amide bonds. The summed E-state index contributed by atoms with van der Waals surface area (Å²) in [5.41, 5.74) is 3.01. The van der Waals surface area contributed by atoms with Crippen molar-refractivity contribution in [3.8, 4) is 23.8 Å². The van der Waals surface area contributed by atoms with E-state index in [9.17, 15) is 4.79 Å². The molecule has 3 aromatic rings. The fourth-order valence-electron chi connectivity index (χ4n) is 4.09. The van der Waals surface area contributed by atoms with Crippen molar-refractivity contribution in [2.75, 3.05) is 20.8 Å². The lowest BCUT2D eigenvalue weighted by atomic mass is 10.1. The van der Waals surface area contributed by atoms with Gasteiger partial charge in [0.25, 0.3) is 5.56 Å². The van der Waals surface area contributed by atoms with E-state index < -0.39 is 0 Å². The van der Waals surface area contributed by atoms with Crippen LogP contribution in [-0.4, -0.2) is 35.6 Å². The van der Waals surface area contributed by atoms with Gasteiger partial charge in [0, 0.05) is 12.1 Å². The highest BCUT2D eigenvalue weighted by molar-refractivity contribution is 5.81. The highest BCUT2D eigenvalue weighted by Gasteiger charge is 2.28. The Bertz CT molecular complexity index is 1150. The van der Waals surface area contributed by atoms with E-state index in [1.807, 2.05) is 0 Å². The van der Waals surface area contributed by atoms with Gasteiger partial charge in [-0.2, -0.15) is 0 Å². The van der Waals surface area contributed by atoms with Gasteiger partial charge in [-0.05, 0) is 30.0 Å². The van der Waals surface area contributed by atoms with Crippen LogP contribution < -0.4 is 15.0 Å². The molecule has 148 valence electrons. The second-order valence-corrected chi connectivity index (χ2v) is 7.10. The molecule has 0 aliphatic heterocycles. The van der Waals surface area contributed by atoms with Crippen molar-refractivity contribution in [2.45, 2.75) is 25.4 Å². The quantitative estimate of drug-likeness (QED) is 0.657. The molecule has 29 heavy (non-hydrogen) atoms. The van der Waals surface area contributed by atoms with Gasteiger partial charge in [0.05, 0.1) is 38.2 Å². The zero-order valence-electron chi connectivity index (χ0n) is 16.6. The highest BCUT2D eigenvalue weighted by Crippen LogP contribution is 2.36. The smallest absolute Gasteiger partial charge is 0.258 e. The lowest BCUT2D eigenvalue weighted by Gasteiger charge is -2.27. The maximum Gasteiger partial charge on any atom is 0.258 e. The van der Waals surface area contributed by atoms with Gasteiger partial charge < -0.3 is 14.5 Å². The van der Waals surface area contributed by atoms with Crippen LogP contribution in [0.15, 0.2) is 41.2 Å². The number of nitrogens with one attached hydrogen (secondary N) is 1. The predicted octanol–water partition coefficient (Wildman–Crippen LogP) is 3.06. The monoisotopic (exact) mass is 389 g/mol. The fourth-order valence-corrected chi connectivity index (χ4v) is 4.09. The number of aromatic amines is 1. The normalized spacial score (nSPS) is 15.3. The number of aromatic nitrogens is 2. The van der Waals surface area contributed by atoms with Gasteiger partial charge in [0.15, 0.2) is 11.5 Å². The fraction of sp³-hybridized carbons (Fsp3) is 0.304. The van der Waals surface area contributed by atoms with Crippen molar-refractivity contribution >= 4 is 10.9 Å². The van der Waals surface area contributed by atoms with Crippen LogP contribution in [0.4, 0.5) is 0 Å². The summed E-state index contributed by atoms with van der Waals surface area (Å²) in [6.07, 6.45) is 7.68. The lowest BCUT2D eigenvalue weighted by molar-refractivity contribution is 0.208. The summed E-state index contributed by atoms with van der Waals surface area (Å²) in [5.74, 6) is 4.36. The molecule has 6 heteroatoms. The third-order valence-electron chi connectivity index (χ3n) is 5.45. The average Bonchev–Trinajstić information content (AvgIpc) is 3.16. The van der Waals surface area contributed by atoms with Gasteiger partial charge in [-0.3, -0.25) is 9.69 Å². The Labute approximate surface area is 169 Å². The number of rotatable bonds is 6. The van der Waals surface area contributed by atoms with E-state index >= 15 is 0 Å². The first-order chi connectivity index (χ1) is 14.1. The maximum absolute atomic E-state index is 12.7. The molecule has 2 aromatic carbocycles. The van der Waals surface area contributed by atoms with Crippen LogP contribution in [0.1, 0.15) is 29.4 Å². The summed E-state index contributed by atoms with van der Waals surface area (Å²) in [6, 6.07) is 12.0. The van der Waals surface area contributed by atoms with Crippen molar-refractivity contribution in [1.82, 2.24) is 14.9 Å². The van der Waals surface area contributed by atoms with Crippen LogP contribution in [0.2, 0.25) is 0 Å². The summed E-state index contributed by atoms with van der Waals surface area (Å²) in [6.45, 7) is 0.940. The first kappa shape index (κ1) is 19.0. The largest absolute Gasteiger partial charge is 0.493 e. The summed E-state index contributed by atoms with van der Waals surface area (Å²) >= 11 is 0. The molecule has 0 radical (unpaired) electrons. The third-order valence-corrected chi connectivity index (χ3v) is 5.45. The molecule has 0 saturated heterocycles. The van der Waals surface area contributed by atoms with Crippen LogP contribution in [0.25, 0.3) is 10.9 Å². The molecular weight excluding hydrogens is 366 g/mol. The van der Waals surface area contributed by atoms with Crippen molar-refractivity contribution in [2.24, 2.45) is 0 Å². The minimum atomic E-state index is -0.210. The van der Waals surface area contributed by atoms with Crippen molar-refractivity contribution < 1.29 is 9.47 Å². The average molecular weight is 389 g/mol. The zero-order chi connectivity index (χ0) is 20.4. The summed E-state index contributed by atoms with van der Waals surface area (Å²) < 4.78 is 10.6. The SMILES string of the molecule is C#CCN(Cc1nc2cc(OC)c(OC)cc2c(=O)[nH]1)C1CCc2ccccc21. The number of benzene rings is 2. The van der Waals surface area contributed by atoms with Gasteiger partial charge in [-0.25, -0.2) is 4.98 Å². The Balaban J connectivity index is 1.70. The first-order valence-electron chi connectivity index (χ1n) is 9.55. The van der Waals surface area contributed by atoms with E-state index in [0.29, 0.717) is 41.3 Å². The van der Waals surface area contributed by atoms with Crippen LogP contribution in [-0.2, 0) is 13.0 Å². The minimum Gasteiger partial charge on any atom is -0.493 e. The number of hydrogen-bond acceptors (Lipinski definition) is 5. The lowest BCUT2D eigenvalue weighted by Crippen LogP contribution is -2.29. The second-order valence-electron chi connectivity index (χ2n) is 7.10. The summed E-state index contributed by atoms with van der Waals surface area (Å²) in [4.78, 5) is 22.4. The molecule has 4 rings (SSSR count). The van der Waals surface area contributed by atoms with Crippen molar-refractivity contribution in [3.63, 3.8) is 0 Å². The van der Waals surface area contributed by atoms with Gasteiger partial charge >= 0.3 is 0 Å². The molecule has 1 aliphatic rings. The Hall–Kier alpha value is -3.30. The standard InChI is InChI=1S/C23H23N3O3/c1-4-11-26(19-10-9-15-7-5-6-8-16(15)19)14-22-24-18-13-21(29-3)20(28-2)12-17(18)23(27)25-22/h1,5-8,12-13,19H,9-11,14H2,2-3H3,(H,24,25,27). The van der Waals surface area contributed by atoms with E-state index in [1.165, 1.54) is 18.2 Å². The number of ether oxygens (including phenoxy) is 2. The van der Waals surface area contributed by atoms with E-state index in [2.05, 4.69) is 45.1 Å². The number of methoxy groups -OCH3 is 2. The Morgan fingerprint density at radius 3 is 2.76 bits per heavy atom. The van der Waals surface area contributed by atoms with Gasteiger partial charge in [-0.1, -0.05) is 30.2 Å². The van der Waals surface area contributed by atoms with Crippen LogP contribution in [0.5, 0.6) is 11.5 Å². The summed E-state index contributed by atoms with van der Waals surface area (Å²) in [5, 5.41) is 0.459. The van der Waals surface area contributed by atoms with E-state index in [1.54, 1.807) is 19.2 Å². The summed E-state index contributed by atoms with van der Waals surface area (Å²) in [7, 11) is 3.10. The van der Waals surface area contributed by atoms with Gasteiger partial charge in [-0.15, -0.1) is 6.42 Å². The number of hydrogen-bond donors (Lipinski definition) is 1. The number of nitrogens with zero attached hydrogens (tertiary/aromatic N) is 2. The number of aryl methyl sites for hydroxylation is 1. The first-order valence-corrected chi connectivity index (χ1v) is 9.55. The molecule has 1 aromatic heterocycles. The maximum atomic E-state index is 12.7. The van der Waals surface area contributed by atoms with E-state index in [-0.39, 0.29) is 11.6 Å². The third kappa shape index (κ3) is 3.57. The highest BCUT2D eigenvalue weighted by atomic mass is 16.5. The number of H-pyrrole nitrogens is 1. The number of terminal acetylenes is 1. The van der Waals surface area contributed by atoms with E-state index in [0.717, 1.165) is 12.8 Å². The Morgan fingerprint density at radius 1 is 1.24 bits per heavy atom. The molecule has 1 heterocycles. The van der Waals surface area contributed by atoms with Gasteiger partial charge in [0.2, 0.25) is 0 Å². The molecule has 1 aliphatic carbocycles. The molecule has 0 bridgehead atoms. The molecule has 1 N–H and O–H groups in total. The van der Waals surface area contributed by atoms with Crippen LogP contribution >= 0.6 is 0 Å². The van der Waals surface area contributed by atoms with Gasteiger partial charge in [0.1, 0.15) is 5.82 Å². The molecule has 6 nitrogen and oxygen atoms in total. The number of fused-ring (bicyclic) bond motifs is 2. The molecule has 1 unspecified atom stereocenters. The van der Waals surface area contributed by atoms with Crippen molar-refractivity contribution in [1.29, 1.82) is 0 Å². The zero-order valence-corrected chi connectivity index (χ0v) is 16.6. The predicted molar refractivity (Wildman–Crippen MR) is 112 cm³/mol. The minimum absolute atomic E-state index is 0.210. The topological polar surface area (TPSA) is 67.5 Å². The molecule has 0 fully saturated rings. The molecule has 0 spiro atoms. The van der Waals surface area contributed by atoms with E-state index in [4.69, 9.17) is 15.9 Å². The molecule has 0 saturated carbocycles. The Morgan fingerprint density at radius 2 is 2.00 bits per heavy atom. The second kappa shape index (κ2) is 7.98. The van der Waals surface area contributed by atoms with Crippen LogP contribution in [0, 0.1) is 12.3 Å².